The molecule has 5 heteroatoms. The summed E-state index contributed by atoms with van der Waals surface area (Å²) in [5.41, 5.74) is 3.43. The Bertz CT molecular complexity index is 753. The number of likely N-dealkylation sites (N-methyl/N-ethyl adjacent to an activating group) is 1. The van der Waals surface area contributed by atoms with Crippen molar-refractivity contribution >= 4 is 23.2 Å². The quantitative estimate of drug-likeness (QED) is 0.948. The van der Waals surface area contributed by atoms with Gasteiger partial charge < -0.3 is 15.0 Å². The molecule has 0 radical (unpaired) electrons. The molecular weight excluding hydrogens is 292 g/mol. The molecule has 0 aliphatic carbocycles. The number of rotatable bonds is 3. The number of carbonyl (C=O) groups is 2. The van der Waals surface area contributed by atoms with Crippen LogP contribution in [0.4, 0.5) is 11.4 Å². The summed E-state index contributed by atoms with van der Waals surface area (Å²) >= 11 is 0. The number of nitrogens with zero attached hydrogens (tertiary/aromatic N) is 1. The van der Waals surface area contributed by atoms with Gasteiger partial charge in [0, 0.05) is 12.7 Å². The SMILES string of the molecule is Cc1ccc(CC(=O)Nc2ccc3c(c2)N(C)C(=O)CO3)cc1. The van der Waals surface area contributed by atoms with E-state index in [-0.39, 0.29) is 18.4 Å². The fraction of sp³-hybridized carbons (Fsp3) is 0.222. The molecule has 1 aliphatic heterocycles. The summed E-state index contributed by atoms with van der Waals surface area (Å²) in [6.45, 7) is 2.06. The Hall–Kier alpha value is -2.82. The van der Waals surface area contributed by atoms with E-state index in [9.17, 15) is 9.59 Å². The molecule has 0 spiro atoms. The molecule has 0 bridgehead atoms. The smallest absolute Gasteiger partial charge is 0.264 e. The second-order valence-electron chi connectivity index (χ2n) is 5.63. The van der Waals surface area contributed by atoms with Gasteiger partial charge in [-0.2, -0.15) is 0 Å². The number of amides is 2. The summed E-state index contributed by atoms with van der Waals surface area (Å²) in [5.74, 6) is 0.434. The molecule has 118 valence electrons. The highest BCUT2D eigenvalue weighted by molar-refractivity contribution is 5.99. The fourth-order valence-electron chi connectivity index (χ4n) is 2.45. The Kier molecular flexibility index (Phi) is 4.02. The third-order valence-electron chi connectivity index (χ3n) is 3.81. The largest absolute Gasteiger partial charge is 0.482 e. The van der Waals surface area contributed by atoms with Crippen molar-refractivity contribution in [2.75, 3.05) is 23.9 Å². The topological polar surface area (TPSA) is 58.6 Å². The molecule has 5 nitrogen and oxygen atoms in total. The van der Waals surface area contributed by atoms with Crippen LogP contribution in [0.15, 0.2) is 42.5 Å². The number of benzene rings is 2. The van der Waals surface area contributed by atoms with E-state index in [0.29, 0.717) is 23.5 Å². The Labute approximate surface area is 134 Å². The van der Waals surface area contributed by atoms with Gasteiger partial charge in [-0.3, -0.25) is 9.59 Å². The first kappa shape index (κ1) is 15.1. The van der Waals surface area contributed by atoms with Crippen LogP contribution in [-0.4, -0.2) is 25.5 Å². The number of hydrogen-bond acceptors (Lipinski definition) is 3. The van der Waals surface area contributed by atoms with Gasteiger partial charge in [0.1, 0.15) is 5.75 Å². The average Bonchev–Trinajstić information content (AvgIpc) is 2.53. The van der Waals surface area contributed by atoms with Gasteiger partial charge in [0.2, 0.25) is 5.91 Å². The zero-order valence-electron chi connectivity index (χ0n) is 13.1. The van der Waals surface area contributed by atoms with Gasteiger partial charge in [-0.05, 0) is 30.7 Å². The Morgan fingerprint density at radius 2 is 1.96 bits per heavy atom. The third kappa shape index (κ3) is 3.34. The zero-order valence-corrected chi connectivity index (χ0v) is 13.1. The Balaban J connectivity index is 1.71. The van der Waals surface area contributed by atoms with E-state index in [4.69, 9.17) is 4.74 Å². The molecule has 0 atom stereocenters. The van der Waals surface area contributed by atoms with E-state index in [1.54, 1.807) is 25.2 Å². The van der Waals surface area contributed by atoms with Gasteiger partial charge in [0.05, 0.1) is 12.1 Å². The lowest BCUT2D eigenvalue weighted by atomic mass is 10.1. The lowest BCUT2D eigenvalue weighted by molar-refractivity contribution is -0.121. The van der Waals surface area contributed by atoms with Crippen LogP contribution in [0.2, 0.25) is 0 Å². The predicted octanol–water partition coefficient (Wildman–Crippen LogP) is 2.53. The maximum absolute atomic E-state index is 12.2. The van der Waals surface area contributed by atoms with Crippen LogP contribution in [0.25, 0.3) is 0 Å². The molecule has 2 amide bonds. The molecule has 2 aromatic rings. The molecular formula is C18H18N2O3. The molecule has 0 saturated heterocycles. The van der Waals surface area contributed by atoms with Gasteiger partial charge in [-0.25, -0.2) is 0 Å². The van der Waals surface area contributed by atoms with Gasteiger partial charge in [-0.1, -0.05) is 29.8 Å². The molecule has 0 saturated carbocycles. The second-order valence-corrected chi connectivity index (χ2v) is 5.63. The molecule has 1 heterocycles. The van der Waals surface area contributed by atoms with Crippen LogP contribution in [0.3, 0.4) is 0 Å². The number of aryl methyl sites for hydroxylation is 1. The van der Waals surface area contributed by atoms with Crippen molar-refractivity contribution in [2.24, 2.45) is 0 Å². The maximum atomic E-state index is 12.2. The highest BCUT2D eigenvalue weighted by Crippen LogP contribution is 2.33. The van der Waals surface area contributed by atoms with Crippen LogP contribution < -0.4 is 15.0 Å². The second kappa shape index (κ2) is 6.12. The van der Waals surface area contributed by atoms with E-state index in [0.717, 1.165) is 11.1 Å². The zero-order chi connectivity index (χ0) is 16.4. The summed E-state index contributed by atoms with van der Waals surface area (Å²) in [6, 6.07) is 13.2. The van der Waals surface area contributed by atoms with Gasteiger partial charge in [0.15, 0.2) is 6.61 Å². The van der Waals surface area contributed by atoms with Crippen LogP contribution >= 0.6 is 0 Å². The molecule has 3 rings (SSSR count). The monoisotopic (exact) mass is 310 g/mol. The summed E-state index contributed by atoms with van der Waals surface area (Å²) in [4.78, 5) is 25.4. The normalized spacial score (nSPS) is 13.3. The van der Waals surface area contributed by atoms with Crippen molar-refractivity contribution in [3.05, 3.63) is 53.6 Å². The first-order chi connectivity index (χ1) is 11.0. The van der Waals surface area contributed by atoms with Crippen molar-refractivity contribution in [1.82, 2.24) is 0 Å². The number of hydrogen-bond donors (Lipinski definition) is 1. The van der Waals surface area contributed by atoms with Crippen molar-refractivity contribution in [1.29, 1.82) is 0 Å². The van der Waals surface area contributed by atoms with Crippen molar-refractivity contribution in [3.63, 3.8) is 0 Å². The molecule has 1 N–H and O–H groups in total. The summed E-state index contributed by atoms with van der Waals surface area (Å²) < 4.78 is 5.37. The van der Waals surface area contributed by atoms with E-state index in [1.807, 2.05) is 31.2 Å². The molecule has 1 aliphatic rings. The minimum Gasteiger partial charge on any atom is -0.482 e. The Morgan fingerprint density at radius 3 is 2.70 bits per heavy atom. The van der Waals surface area contributed by atoms with Crippen molar-refractivity contribution in [2.45, 2.75) is 13.3 Å². The molecule has 0 aromatic heterocycles. The third-order valence-corrected chi connectivity index (χ3v) is 3.81. The number of carbonyl (C=O) groups excluding carboxylic acids is 2. The van der Waals surface area contributed by atoms with Crippen LogP contribution in [0, 0.1) is 6.92 Å². The van der Waals surface area contributed by atoms with E-state index in [2.05, 4.69) is 5.32 Å². The lowest BCUT2D eigenvalue weighted by Crippen LogP contribution is -2.35. The van der Waals surface area contributed by atoms with E-state index >= 15 is 0 Å². The lowest BCUT2D eigenvalue weighted by Gasteiger charge is -2.26. The van der Waals surface area contributed by atoms with Gasteiger partial charge >= 0.3 is 0 Å². The molecule has 0 unspecified atom stereocenters. The molecule has 2 aromatic carbocycles. The van der Waals surface area contributed by atoms with Gasteiger partial charge in [-0.15, -0.1) is 0 Å². The van der Waals surface area contributed by atoms with Crippen LogP contribution in [0.1, 0.15) is 11.1 Å². The number of nitrogens with one attached hydrogen (secondary N) is 1. The highest BCUT2D eigenvalue weighted by atomic mass is 16.5. The Morgan fingerprint density at radius 1 is 1.22 bits per heavy atom. The van der Waals surface area contributed by atoms with Gasteiger partial charge in [0.25, 0.3) is 5.91 Å². The molecule has 23 heavy (non-hydrogen) atoms. The maximum Gasteiger partial charge on any atom is 0.264 e. The average molecular weight is 310 g/mol. The number of fused-ring (bicyclic) bond motifs is 1. The minimum atomic E-state index is -0.111. The number of ether oxygens (including phenoxy) is 1. The minimum absolute atomic E-state index is 0.0443. The highest BCUT2D eigenvalue weighted by Gasteiger charge is 2.22. The first-order valence-electron chi connectivity index (χ1n) is 7.42. The van der Waals surface area contributed by atoms with E-state index < -0.39 is 0 Å². The number of anilines is 2. The van der Waals surface area contributed by atoms with Crippen molar-refractivity contribution in [3.8, 4) is 5.75 Å². The van der Waals surface area contributed by atoms with Crippen molar-refractivity contribution < 1.29 is 14.3 Å². The first-order valence-corrected chi connectivity index (χ1v) is 7.42. The standard InChI is InChI=1S/C18H18N2O3/c1-12-3-5-13(6-4-12)9-17(21)19-14-7-8-16-15(10-14)20(2)18(22)11-23-16/h3-8,10H,9,11H2,1-2H3,(H,19,21). The summed E-state index contributed by atoms with van der Waals surface area (Å²) in [6.07, 6.45) is 0.308. The predicted molar refractivity (Wildman–Crippen MR) is 88.9 cm³/mol. The molecule has 0 fully saturated rings. The van der Waals surface area contributed by atoms with Crippen LogP contribution in [0.5, 0.6) is 5.75 Å². The van der Waals surface area contributed by atoms with E-state index in [1.165, 1.54) is 4.90 Å². The fourth-order valence-corrected chi connectivity index (χ4v) is 2.45. The summed E-state index contributed by atoms with van der Waals surface area (Å²) in [7, 11) is 1.70. The summed E-state index contributed by atoms with van der Waals surface area (Å²) in [5, 5.41) is 2.86. The van der Waals surface area contributed by atoms with Crippen LogP contribution in [-0.2, 0) is 16.0 Å².